The van der Waals surface area contributed by atoms with Crippen LogP contribution in [0.1, 0.15) is 20.8 Å². The first kappa shape index (κ1) is 13.7. The van der Waals surface area contributed by atoms with E-state index in [4.69, 9.17) is 4.74 Å². The highest BCUT2D eigenvalue weighted by Gasteiger charge is 2.42. The van der Waals surface area contributed by atoms with Crippen molar-refractivity contribution in [1.29, 1.82) is 0 Å². The molecular weight excluding hydrogens is 222 g/mol. The lowest BCUT2D eigenvalue weighted by atomic mass is 9.99. The molecule has 5 heteroatoms. The Morgan fingerprint density at radius 3 is 2.65 bits per heavy atom. The first-order valence-corrected chi connectivity index (χ1v) is 5.70. The number of imide groups is 1. The van der Waals surface area contributed by atoms with Crippen LogP contribution >= 0.6 is 0 Å². The molecule has 3 atom stereocenters. The largest absolute Gasteiger partial charge is 0.447 e. The zero-order valence-electron chi connectivity index (χ0n) is 10.4. The summed E-state index contributed by atoms with van der Waals surface area (Å²) in [6, 6.07) is -0.255. The molecule has 1 fully saturated rings. The molecule has 2 amide bonds. The highest BCUT2D eigenvalue weighted by molar-refractivity contribution is 5.95. The van der Waals surface area contributed by atoms with Gasteiger partial charge in [-0.25, -0.2) is 9.69 Å². The summed E-state index contributed by atoms with van der Waals surface area (Å²) < 4.78 is 4.88. The molecule has 1 saturated heterocycles. The molecule has 0 spiro atoms. The van der Waals surface area contributed by atoms with Gasteiger partial charge in [0.15, 0.2) is 0 Å². The number of aliphatic hydroxyl groups is 1. The van der Waals surface area contributed by atoms with Gasteiger partial charge in [0.1, 0.15) is 6.61 Å². The van der Waals surface area contributed by atoms with Crippen molar-refractivity contribution in [3.8, 4) is 0 Å². The first-order chi connectivity index (χ1) is 7.90. The third kappa shape index (κ3) is 2.66. The minimum Gasteiger partial charge on any atom is -0.447 e. The van der Waals surface area contributed by atoms with Crippen molar-refractivity contribution >= 4 is 12.0 Å². The van der Waals surface area contributed by atoms with Gasteiger partial charge in [-0.15, -0.1) is 6.58 Å². The second-order valence-electron chi connectivity index (χ2n) is 4.61. The summed E-state index contributed by atoms with van der Waals surface area (Å²) in [6.45, 7) is 9.05. The van der Waals surface area contributed by atoms with Crippen LogP contribution in [0.4, 0.5) is 4.79 Å². The average Bonchev–Trinajstić information content (AvgIpc) is 2.68. The fourth-order valence-electron chi connectivity index (χ4n) is 1.75. The van der Waals surface area contributed by atoms with Crippen molar-refractivity contribution in [1.82, 2.24) is 4.90 Å². The third-order valence-electron chi connectivity index (χ3n) is 3.06. The highest BCUT2D eigenvalue weighted by atomic mass is 16.6. The highest BCUT2D eigenvalue weighted by Crippen LogP contribution is 2.22. The van der Waals surface area contributed by atoms with Crippen molar-refractivity contribution in [3.63, 3.8) is 0 Å². The van der Waals surface area contributed by atoms with Crippen LogP contribution in [0.5, 0.6) is 0 Å². The number of carbonyl (C=O) groups is 2. The molecule has 1 aliphatic heterocycles. The zero-order valence-corrected chi connectivity index (χ0v) is 10.4. The van der Waals surface area contributed by atoms with Crippen LogP contribution in [0, 0.1) is 11.8 Å². The molecule has 0 aliphatic carbocycles. The first-order valence-electron chi connectivity index (χ1n) is 5.70. The second kappa shape index (κ2) is 5.31. The lowest BCUT2D eigenvalue weighted by molar-refractivity contribution is -0.136. The van der Waals surface area contributed by atoms with Crippen molar-refractivity contribution in [2.24, 2.45) is 11.8 Å². The molecule has 0 aromatic heterocycles. The van der Waals surface area contributed by atoms with E-state index < -0.39 is 24.0 Å². The number of rotatable bonds is 4. The molecule has 1 heterocycles. The van der Waals surface area contributed by atoms with E-state index in [1.54, 1.807) is 6.92 Å². The molecule has 0 unspecified atom stereocenters. The number of aliphatic hydroxyl groups excluding tert-OH is 1. The summed E-state index contributed by atoms with van der Waals surface area (Å²) >= 11 is 0. The Balaban J connectivity index is 2.85. The van der Waals surface area contributed by atoms with Gasteiger partial charge in [0, 0.05) is 0 Å². The van der Waals surface area contributed by atoms with Crippen molar-refractivity contribution in [3.05, 3.63) is 12.7 Å². The van der Waals surface area contributed by atoms with Gasteiger partial charge in [0.25, 0.3) is 0 Å². The minimum absolute atomic E-state index is 0.124. The lowest BCUT2D eigenvalue weighted by Crippen LogP contribution is -2.46. The number of cyclic esters (lactones) is 1. The minimum atomic E-state index is -0.955. The summed E-state index contributed by atoms with van der Waals surface area (Å²) in [4.78, 5) is 24.7. The quantitative estimate of drug-likeness (QED) is 0.750. The third-order valence-corrected chi connectivity index (χ3v) is 3.06. The fourth-order valence-corrected chi connectivity index (χ4v) is 1.75. The van der Waals surface area contributed by atoms with E-state index >= 15 is 0 Å². The van der Waals surface area contributed by atoms with Crippen LogP contribution in [0.15, 0.2) is 12.7 Å². The normalized spacial score (nSPS) is 23.5. The fraction of sp³-hybridized carbons (Fsp3) is 0.667. The van der Waals surface area contributed by atoms with Crippen LogP contribution in [0.25, 0.3) is 0 Å². The van der Waals surface area contributed by atoms with E-state index in [1.165, 1.54) is 6.08 Å². The second-order valence-corrected chi connectivity index (χ2v) is 4.61. The van der Waals surface area contributed by atoms with Gasteiger partial charge in [-0.3, -0.25) is 4.79 Å². The SMILES string of the molecule is C=C[C@@H](O)[C@H](C)C(=O)N1C(=O)OC[C@@H]1C(C)C. The number of hydrogen-bond donors (Lipinski definition) is 1. The van der Waals surface area contributed by atoms with E-state index in [9.17, 15) is 14.7 Å². The molecule has 17 heavy (non-hydrogen) atoms. The smallest absolute Gasteiger partial charge is 0.416 e. The zero-order chi connectivity index (χ0) is 13.2. The Labute approximate surface area is 101 Å². The van der Waals surface area contributed by atoms with Crippen molar-refractivity contribution in [2.75, 3.05) is 6.61 Å². The monoisotopic (exact) mass is 241 g/mol. The number of carbonyl (C=O) groups excluding carboxylic acids is 2. The van der Waals surface area contributed by atoms with E-state index in [-0.39, 0.29) is 18.6 Å². The number of ether oxygens (including phenoxy) is 1. The topological polar surface area (TPSA) is 66.8 Å². The van der Waals surface area contributed by atoms with Crippen LogP contribution in [0.2, 0.25) is 0 Å². The Morgan fingerprint density at radius 1 is 1.59 bits per heavy atom. The molecule has 5 nitrogen and oxygen atoms in total. The van der Waals surface area contributed by atoms with Gasteiger partial charge in [-0.1, -0.05) is 26.8 Å². The summed E-state index contributed by atoms with van der Waals surface area (Å²) in [7, 11) is 0. The molecule has 0 aromatic carbocycles. The summed E-state index contributed by atoms with van der Waals surface area (Å²) in [5, 5.41) is 9.55. The van der Waals surface area contributed by atoms with Gasteiger partial charge in [-0.2, -0.15) is 0 Å². The van der Waals surface area contributed by atoms with Gasteiger partial charge >= 0.3 is 6.09 Å². The van der Waals surface area contributed by atoms with Crippen molar-refractivity contribution in [2.45, 2.75) is 32.9 Å². The maximum Gasteiger partial charge on any atom is 0.416 e. The van der Waals surface area contributed by atoms with Crippen LogP contribution in [-0.2, 0) is 9.53 Å². The van der Waals surface area contributed by atoms with E-state index in [1.807, 2.05) is 13.8 Å². The predicted octanol–water partition coefficient (Wildman–Crippen LogP) is 1.17. The Kier molecular flexibility index (Phi) is 4.28. The Hall–Kier alpha value is -1.36. The number of amides is 2. The summed E-state index contributed by atoms with van der Waals surface area (Å²) in [5.74, 6) is -0.989. The van der Waals surface area contributed by atoms with Crippen LogP contribution in [0.3, 0.4) is 0 Å². The molecule has 0 aromatic rings. The van der Waals surface area contributed by atoms with E-state index in [2.05, 4.69) is 6.58 Å². The number of nitrogens with zero attached hydrogens (tertiary/aromatic N) is 1. The lowest BCUT2D eigenvalue weighted by Gasteiger charge is -2.26. The van der Waals surface area contributed by atoms with Gasteiger partial charge in [0.05, 0.1) is 18.1 Å². The predicted molar refractivity (Wildman–Crippen MR) is 62.2 cm³/mol. The van der Waals surface area contributed by atoms with Gasteiger partial charge in [-0.05, 0) is 5.92 Å². The molecule has 0 saturated carbocycles. The van der Waals surface area contributed by atoms with Crippen molar-refractivity contribution < 1.29 is 19.4 Å². The van der Waals surface area contributed by atoms with E-state index in [0.717, 1.165) is 4.90 Å². The van der Waals surface area contributed by atoms with Gasteiger partial charge in [0.2, 0.25) is 5.91 Å². The molecule has 1 N–H and O–H groups in total. The summed E-state index contributed by atoms with van der Waals surface area (Å²) in [6.07, 6.45) is -0.297. The maximum atomic E-state index is 12.1. The molecule has 0 bridgehead atoms. The summed E-state index contributed by atoms with van der Waals surface area (Å²) in [5.41, 5.74) is 0. The molecule has 0 radical (unpaired) electrons. The molecular formula is C12H19NO4. The Morgan fingerprint density at radius 2 is 2.18 bits per heavy atom. The van der Waals surface area contributed by atoms with Gasteiger partial charge < -0.3 is 9.84 Å². The number of hydrogen-bond acceptors (Lipinski definition) is 4. The van der Waals surface area contributed by atoms with E-state index in [0.29, 0.717) is 0 Å². The maximum absolute atomic E-state index is 12.1. The molecule has 1 aliphatic rings. The van der Waals surface area contributed by atoms with Crippen LogP contribution in [-0.4, -0.2) is 40.8 Å². The molecule has 96 valence electrons. The average molecular weight is 241 g/mol. The van der Waals surface area contributed by atoms with Crippen LogP contribution < -0.4 is 0 Å². The Bertz CT molecular complexity index is 326. The molecule has 1 rings (SSSR count). The standard InChI is InChI=1S/C12H19NO4/c1-5-10(14)8(4)11(15)13-9(7(2)3)6-17-12(13)16/h5,7-10,14H,1,6H2,2-4H3/t8-,9+,10+/m0/s1.